The molecule has 6 nitrogen and oxygen atoms in total. The summed E-state index contributed by atoms with van der Waals surface area (Å²) >= 11 is 5.08. The maximum absolute atomic E-state index is 12.1. The Morgan fingerprint density at radius 2 is 1.67 bits per heavy atom. The lowest BCUT2D eigenvalue weighted by atomic mass is 10.2. The molecule has 0 saturated heterocycles. The van der Waals surface area contributed by atoms with E-state index in [1.54, 1.807) is 24.3 Å². The van der Waals surface area contributed by atoms with Crippen molar-refractivity contribution in [1.82, 2.24) is 10.9 Å². The third kappa shape index (κ3) is 3.58. The van der Waals surface area contributed by atoms with Crippen LogP contribution in [0.5, 0.6) is 0 Å². The van der Waals surface area contributed by atoms with E-state index in [9.17, 15) is 9.59 Å². The highest BCUT2D eigenvalue weighted by Crippen LogP contribution is 2.12. The minimum Gasteiger partial charge on any atom is -0.422 e. The van der Waals surface area contributed by atoms with Crippen LogP contribution in [0.15, 0.2) is 69.9 Å². The molecule has 0 bridgehead atoms. The van der Waals surface area contributed by atoms with E-state index in [4.69, 9.17) is 16.6 Å². The normalized spacial score (nSPS) is 10.2. The highest BCUT2D eigenvalue weighted by atomic mass is 32.1. The number of rotatable bonds is 2. The smallest absolute Gasteiger partial charge is 0.349 e. The second-order valence-electron chi connectivity index (χ2n) is 4.88. The molecule has 0 spiro atoms. The molecule has 0 saturated carbocycles. The Morgan fingerprint density at radius 1 is 0.958 bits per heavy atom. The van der Waals surface area contributed by atoms with Crippen molar-refractivity contribution in [3.05, 3.63) is 76.6 Å². The van der Waals surface area contributed by atoms with Crippen LogP contribution in [-0.2, 0) is 0 Å². The van der Waals surface area contributed by atoms with E-state index in [1.165, 1.54) is 6.07 Å². The zero-order chi connectivity index (χ0) is 16.9. The number of hydrazine groups is 1. The summed E-state index contributed by atoms with van der Waals surface area (Å²) in [5.74, 6) is -0.633. The van der Waals surface area contributed by atoms with Gasteiger partial charge in [0.15, 0.2) is 5.11 Å². The van der Waals surface area contributed by atoms with Crippen LogP contribution >= 0.6 is 12.2 Å². The third-order valence-corrected chi connectivity index (χ3v) is 3.41. The van der Waals surface area contributed by atoms with Crippen molar-refractivity contribution < 1.29 is 9.21 Å². The number of hydrogen-bond donors (Lipinski definition) is 3. The number of carbonyl (C=O) groups excluding carboxylic acids is 1. The van der Waals surface area contributed by atoms with Crippen LogP contribution in [0.2, 0.25) is 0 Å². The summed E-state index contributed by atoms with van der Waals surface area (Å²) in [4.78, 5) is 24.1. The molecule has 1 heterocycles. The summed E-state index contributed by atoms with van der Waals surface area (Å²) in [6, 6.07) is 17.7. The number of amides is 1. The van der Waals surface area contributed by atoms with Gasteiger partial charge in [-0.2, -0.15) is 0 Å². The maximum Gasteiger partial charge on any atom is 0.349 e. The SMILES string of the molecule is O=C(NNC(=S)Nc1ccccc1)c1cc2ccccc2oc1=O. The Kier molecular flexibility index (Phi) is 4.53. The topological polar surface area (TPSA) is 83.4 Å². The van der Waals surface area contributed by atoms with Crippen LogP contribution in [0.4, 0.5) is 5.69 Å². The van der Waals surface area contributed by atoms with Gasteiger partial charge in [-0.25, -0.2) is 4.79 Å². The molecular formula is C17H13N3O3S. The number of thiocarbonyl (C=S) groups is 1. The fraction of sp³-hybridized carbons (Fsp3) is 0. The Labute approximate surface area is 142 Å². The van der Waals surface area contributed by atoms with Gasteiger partial charge in [-0.1, -0.05) is 36.4 Å². The highest BCUT2D eigenvalue weighted by Gasteiger charge is 2.13. The van der Waals surface area contributed by atoms with Crippen LogP contribution in [0.1, 0.15) is 10.4 Å². The van der Waals surface area contributed by atoms with E-state index in [1.807, 2.05) is 30.3 Å². The molecule has 0 aliphatic carbocycles. The number of hydrogen-bond acceptors (Lipinski definition) is 4. The molecule has 0 unspecified atom stereocenters. The number of fused-ring (bicyclic) bond motifs is 1. The molecular weight excluding hydrogens is 326 g/mol. The van der Waals surface area contributed by atoms with Gasteiger partial charge in [-0.05, 0) is 36.5 Å². The zero-order valence-electron chi connectivity index (χ0n) is 12.4. The van der Waals surface area contributed by atoms with Gasteiger partial charge in [0.2, 0.25) is 0 Å². The molecule has 120 valence electrons. The molecule has 7 heteroatoms. The first-order valence-electron chi connectivity index (χ1n) is 7.09. The first-order valence-corrected chi connectivity index (χ1v) is 7.49. The van der Waals surface area contributed by atoms with E-state index in [0.29, 0.717) is 11.0 Å². The Morgan fingerprint density at radius 3 is 2.46 bits per heavy atom. The van der Waals surface area contributed by atoms with E-state index in [-0.39, 0.29) is 10.7 Å². The van der Waals surface area contributed by atoms with Crippen molar-refractivity contribution in [2.24, 2.45) is 0 Å². The maximum atomic E-state index is 12.1. The molecule has 0 aliphatic rings. The van der Waals surface area contributed by atoms with Gasteiger partial charge in [0.25, 0.3) is 5.91 Å². The quantitative estimate of drug-likeness (QED) is 0.378. The molecule has 0 atom stereocenters. The van der Waals surface area contributed by atoms with Crippen molar-refractivity contribution in [2.75, 3.05) is 5.32 Å². The molecule has 0 aliphatic heterocycles. The van der Waals surface area contributed by atoms with Crippen LogP contribution in [0, 0.1) is 0 Å². The van der Waals surface area contributed by atoms with Crippen molar-refractivity contribution in [3.8, 4) is 0 Å². The molecule has 0 fully saturated rings. The van der Waals surface area contributed by atoms with Gasteiger partial charge in [0.05, 0.1) is 0 Å². The summed E-state index contributed by atoms with van der Waals surface area (Å²) in [7, 11) is 0. The number of para-hydroxylation sites is 2. The average molecular weight is 339 g/mol. The Bertz CT molecular complexity index is 954. The zero-order valence-corrected chi connectivity index (χ0v) is 13.2. The number of anilines is 1. The highest BCUT2D eigenvalue weighted by molar-refractivity contribution is 7.80. The van der Waals surface area contributed by atoms with Crippen molar-refractivity contribution >= 4 is 39.9 Å². The largest absolute Gasteiger partial charge is 0.422 e. The van der Waals surface area contributed by atoms with Gasteiger partial charge < -0.3 is 9.73 Å². The lowest BCUT2D eigenvalue weighted by Gasteiger charge is -2.11. The van der Waals surface area contributed by atoms with Crippen molar-refractivity contribution in [1.29, 1.82) is 0 Å². The second kappa shape index (κ2) is 6.93. The van der Waals surface area contributed by atoms with Crippen molar-refractivity contribution in [3.63, 3.8) is 0 Å². The minimum absolute atomic E-state index is 0.108. The summed E-state index contributed by atoms with van der Waals surface area (Å²) in [6.45, 7) is 0. The van der Waals surface area contributed by atoms with Gasteiger partial charge >= 0.3 is 5.63 Å². The van der Waals surface area contributed by atoms with Crippen LogP contribution in [0.3, 0.4) is 0 Å². The standard InChI is InChI=1S/C17H13N3O3S/c21-15(19-20-17(24)18-12-7-2-1-3-8-12)13-10-11-6-4-5-9-14(11)23-16(13)22/h1-10H,(H,19,21)(H2,18,20,24). The molecule has 3 N–H and O–H groups in total. The first-order chi connectivity index (χ1) is 11.6. The van der Waals surface area contributed by atoms with Gasteiger partial charge in [0, 0.05) is 11.1 Å². The summed E-state index contributed by atoms with van der Waals surface area (Å²) in [6.07, 6.45) is 0. The summed E-state index contributed by atoms with van der Waals surface area (Å²) in [5.41, 5.74) is 5.29. The Balaban J connectivity index is 1.68. The minimum atomic E-state index is -0.713. The van der Waals surface area contributed by atoms with Gasteiger partial charge in [0.1, 0.15) is 11.1 Å². The molecule has 2 aromatic carbocycles. The lowest BCUT2D eigenvalue weighted by molar-refractivity contribution is 0.0940. The summed E-state index contributed by atoms with van der Waals surface area (Å²) in [5, 5.41) is 3.75. The molecule has 1 aromatic heterocycles. The third-order valence-electron chi connectivity index (χ3n) is 3.21. The van der Waals surface area contributed by atoms with Crippen LogP contribution < -0.4 is 21.8 Å². The second-order valence-corrected chi connectivity index (χ2v) is 5.29. The molecule has 3 rings (SSSR count). The molecule has 0 radical (unpaired) electrons. The molecule has 24 heavy (non-hydrogen) atoms. The van der Waals surface area contributed by atoms with Gasteiger partial charge in [-0.15, -0.1) is 0 Å². The predicted molar refractivity (Wildman–Crippen MR) is 95.7 cm³/mol. The summed E-state index contributed by atoms with van der Waals surface area (Å²) < 4.78 is 5.12. The van der Waals surface area contributed by atoms with Crippen molar-refractivity contribution in [2.45, 2.75) is 0 Å². The van der Waals surface area contributed by atoms with E-state index >= 15 is 0 Å². The number of benzene rings is 2. The fourth-order valence-electron chi connectivity index (χ4n) is 2.08. The van der Waals surface area contributed by atoms with E-state index in [2.05, 4.69) is 16.2 Å². The van der Waals surface area contributed by atoms with Crippen LogP contribution in [0.25, 0.3) is 11.0 Å². The lowest BCUT2D eigenvalue weighted by Crippen LogP contribution is -2.44. The average Bonchev–Trinajstić information content (AvgIpc) is 2.60. The number of nitrogens with one attached hydrogen (secondary N) is 3. The molecule has 1 amide bonds. The first kappa shape index (κ1) is 15.7. The predicted octanol–water partition coefficient (Wildman–Crippen LogP) is 2.42. The fourth-order valence-corrected chi connectivity index (χ4v) is 2.25. The van der Waals surface area contributed by atoms with Crippen LogP contribution in [-0.4, -0.2) is 11.0 Å². The molecule has 3 aromatic rings. The van der Waals surface area contributed by atoms with E-state index < -0.39 is 11.5 Å². The van der Waals surface area contributed by atoms with E-state index in [0.717, 1.165) is 5.69 Å². The van der Waals surface area contributed by atoms with Gasteiger partial charge in [-0.3, -0.25) is 15.6 Å². The monoisotopic (exact) mass is 339 g/mol. The Hall–Kier alpha value is -3.19. The number of carbonyl (C=O) groups is 1.